The number of carbonyl (C=O) groups is 1. The molecule has 98 valence electrons. The third kappa shape index (κ3) is 3.65. The Morgan fingerprint density at radius 2 is 1.79 bits per heavy atom. The zero-order valence-electron chi connectivity index (χ0n) is 11.0. The Kier molecular flexibility index (Phi) is 3.95. The molecule has 1 amide bonds. The van der Waals surface area contributed by atoms with E-state index in [1.807, 2.05) is 38.1 Å². The lowest BCUT2D eigenvalue weighted by atomic mass is 10.1. The first-order valence-electron chi connectivity index (χ1n) is 6.16. The topological polar surface area (TPSA) is 29.1 Å². The van der Waals surface area contributed by atoms with Gasteiger partial charge in [0.25, 0.3) is 0 Å². The van der Waals surface area contributed by atoms with Gasteiger partial charge in [0, 0.05) is 5.69 Å². The third-order valence-corrected chi connectivity index (χ3v) is 2.96. The molecule has 2 rings (SSSR count). The highest BCUT2D eigenvalue weighted by atomic mass is 19.1. The van der Waals surface area contributed by atoms with Crippen LogP contribution in [0.15, 0.2) is 42.5 Å². The summed E-state index contributed by atoms with van der Waals surface area (Å²) in [5, 5.41) is 2.74. The summed E-state index contributed by atoms with van der Waals surface area (Å²) in [6.45, 7) is 3.83. The maximum absolute atomic E-state index is 13.1. The van der Waals surface area contributed by atoms with Crippen molar-refractivity contribution in [3.8, 4) is 0 Å². The molecule has 2 aromatic carbocycles. The largest absolute Gasteiger partial charge is 0.325 e. The van der Waals surface area contributed by atoms with Gasteiger partial charge >= 0.3 is 0 Å². The van der Waals surface area contributed by atoms with Crippen molar-refractivity contribution >= 4 is 11.6 Å². The molecule has 2 nitrogen and oxygen atoms in total. The maximum Gasteiger partial charge on any atom is 0.228 e. The minimum Gasteiger partial charge on any atom is -0.325 e. The number of carbonyl (C=O) groups excluding carboxylic acids is 1. The number of benzene rings is 2. The number of hydrogen-bond acceptors (Lipinski definition) is 1. The van der Waals surface area contributed by atoms with Gasteiger partial charge in [-0.1, -0.05) is 35.9 Å². The second-order valence-corrected chi connectivity index (χ2v) is 4.67. The number of hydrogen-bond donors (Lipinski definition) is 1. The van der Waals surface area contributed by atoms with Crippen molar-refractivity contribution in [1.29, 1.82) is 0 Å². The molecular weight excluding hydrogens is 241 g/mol. The van der Waals surface area contributed by atoms with E-state index in [1.165, 1.54) is 12.1 Å². The lowest BCUT2D eigenvalue weighted by Gasteiger charge is -2.08. The Morgan fingerprint density at radius 1 is 1.11 bits per heavy atom. The number of halogens is 1. The molecule has 0 bridgehead atoms. The lowest BCUT2D eigenvalue weighted by molar-refractivity contribution is -0.115. The lowest BCUT2D eigenvalue weighted by Crippen LogP contribution is -2.15. The van der Waals surface area contributed by atoms with E-state index in [9.17, 15) is 9.18 Å². The molecule has 0 aromatic heterocycles. The van der Waals surface area contributed by atoms with Crippen LogP contribution in [0.25, 0.3) is 0 Å². The molecule has 0 fully saturated rings. The maximum atomic E-state index is 13.1. The van der Waals surface area contributed by atoms with Gasteiger partial charge in [-0.15, -0.1) is 0 Å². The van der Waals surface area contributed by atoms with Crippen LogP contribution in [0.2, 0.25) is 0 Å². The van der Waals surface area contributed by atoms with Gasteiger partial charge in [-0.25, -0.2) is 4.39 Å². The molecule has 0 aliphatic rings. The van der Waals surface area contributed by atoms with E-state index in [2.05, 4.69) is 5.32 Å². The minimum atomic E-state index is -0.351. The molecule has 3 heteroatoms. The van der Waals surface area contributed by atoms with Crippen molar-refractivity contribution < 1.29 is 9.18 Å². The highest BCUT2D eigenvalue weighted by molar-refractivity contribution is 5.92. The summed E-state index contributed by atoms with van der Waals surface area (Å²) in [6.07, 6.45) is 0.288. The Balaban J connectivity index is 2.05. The fourth-order valence-electron chi connectivity index (χ4n) is 1.81. The van der Waals surface area contributed by atoms with Crippen LogP contribution >= 0.6 is 0 Å². The van der Waals surface area contributed by atoms with Crippen molar-refractivity contribution in [3.63, 3.8) is 0 Å². The van der Waals surface area contributed by atoms with Crippen LogP contribution in [-0.4, -0.2) is 5.91 Å². The van der Waals surface area contributed by atoms with Crippen molar-refractivity contribution in [2.75, 3.05) is 5.32 Å². The Morgan fingerprint density at radius 3 is 2.47 bits per heavy atom. The van der Waals surface area contributed by atoms with Gasteiger partial charge in [-0.05, 0) is 37.1 Å². The average Bonchev–Trinajstić information content (AvgIpc) is 2.37. The monoisotopic (exact) mass is 257 g/mol. The zero-order valence-corrected chi connectivity index (χ0v) is 11.0. The van der Waals surface area contributed by atoms with Crippen LogP contribution in [0, 0.1) is 19.7 Å². The van der Waals surface area contributed by atoms with E-state index in [-0.39, 0.29) is 18.1 Å². The number of rotatable bonds is 3. The van der Waals surface area contributed by atoms with Gasteiger partial charge in [0.05, 0.1) is 6.42 Å². The average molecular weight is 257 g/mol. The first-order valence-corrected chi connectivity index (χ1v) is 6.16. The molecule has 0 atom stereocenters. The Bertz CT molecular complexity index is 590. The predicted molar refractivity (Wildman–Crippen MR) is 74.6 cm³/mol. The molecule has 0 spiro atoms. The fraction of sp³-hybridized carbons (Fsp3) is 0.188. The molecule has 0 aliphatic heterocycles. The minimum absolute atomic E-state index is 0.141. The van der Waals surface area contributed by atoms with Crippen LogP contribution in [-0.2, 0) is 11.2 Å². The van der Waals surface area contributed by atoms with E-state index in [4.69, 9.17) is 0 Å². The van der Waals surface area contributed by atoms with E-state index in [0.29, 0.717) is 5.69 Å². The summed E-state index contributed by atoms with van der Waals surface area (Å²) < 4.78 is 13.1. The molecular formula is C16H16FNO. The number of amides is 1. The van der Waals surface area contributed by atoms with Crippen molar-refractivity contribution in [2.45, 2.75) is 20.3 Å². The van der Waals surface area contributed by atoms with E-state index in [1.54, 1.807) is 6.07 Å². The van der Waals surface area contributed by atoms with E-state index in [0.717, 1.165) is 16.7 Å². The smallest absolute Gasteiger partial charge is 0.228 e. The molecule has 0 unspecified atom stereocenters. The van der Waals surface area contributed by atoms with Gasteiger partial charge in [0.15, 0.2) is 0 Å². The quantitative estimate of drug-likeness (QED) is 0.894. The summed E-state index contributed by atoms with van der Waals surface area (Å²) in [5.74, 6) is -0.492. The van der Waals surface area contributed by atoms with Crippen LogP contribution in [0.3, 0.4) is 0 Å². The SMILES string of the molecule is Cc1ccc(CC(=O)Nc2cc(F)ccc2C)cc1. The van der Waals surface area contributed by atoms with E-state index < -0.39 is 0 Å². The van der Waals surface area contributed by atoms with Gasteiger partial charge in [0.2, 0.25) is 5.91 Å². The summed E-state index contributed by atoms with van der Waals surface area (Å²) in [4.78, 5) is 11.9. The van der Waals surface area contributed by atoms with Crippen LogP contribution < -0.4 is 5.32 Å². The molecule has 0 radical (unpaired) electrons. The first-order chi connectivity index (χ1) is 9.04. The molecule has 0 saturated heterocycles. The molecule has 0 heterocycles. The van der Waals surface area contributed by atoms with Crippen molar-refractivity contribution in [1.82, 2.24) is 0 Å². The third-order valence-electron chi connectivity index (χ3n) is 2.96. The first kappa shape index (κ1) is 13.3. The van der Waals surface area contributed by atoms with E-state index >= 15 is 0 Å². The number of aryl methyl sites for hydroxylation is 2. The fourth-order valence-corrected chi connectivity index (χ4v) is 1.81. The zero-order chi connectivity index (χ0) is 13.8. The van der Waals surface area contributed by atoms with Crippen LogP contribution in [0.5, 0.6) is 0 Å². The second kappa shape index (κ2) is 5.65. The summed E-state index contributed by atoms with van der Waals surface area (Å²) in [5.41, 5.74) is 3.47. The van der Waals surface area contributed by atoms with Crippen molar-refractivity contribution in [3.05, 3.63) is 65.0 Å². The van der Waals surface area contributed by atoms with Crippen molar-refractivity contribution in [2.24, 2.45) is 0 Å². The van der Waals surface area contributed by atoms with Crippen LogP contribution in [0.1, 0.15) is 16.7 Å². The molecule has 0 saturated carbocycles. The Hall–Kier alpha value is -2.16. The molecule has 19 heavy (non-hydrogen) atoms. The predicted octanol–water partition coefficient (Wildman–Crippen LogP) is 3.62. The van der Waals surface area contributed by atoms with Gasteiger partial charge < -0.3 is 5.32 Å². The normalized spacial score (nSPS) is 10.3. The number of anilines is 1. The summed E-state index contributed by atoms with van der Waals surface area (Å²) >= 11 is 0. The van der Waals surface area contributed by atoms with Gasteiger partial charge in [-0.2, -0.15) is 0 Å². The Labute approximate surface area is 112 Å². The highest BCUT2D eigenvalue weighted by Crippen LogP contribution is 2.16. The summed E-state index contributed by atoms with van der Waals surface area (Å²) in [7, 11) is 0. The highest BCUT2D eigenvalue weighted by Gasteiger charge is 2.07. The van der Waals surface area contributed by atoms with Gasteiger partial charge in [0.1, 0.15) is 5.82 Å². The molecule has 2 aromatic rings. The molecule has 0 aliphatic carbocycles. The number of nitrogens with one attached hydrogen (secondary N) is 1. The molecule has 1 N–H and O–H groups in total. The second-order valence-electron chi connectivity index (χ2n) is 4.67. The summed E-state index contributed by atoms with van der Waals surface area (Å²) in [6, 6.07) is 12.1. The van der Waals surface area contributed by atoms with Crippen LogP contribution in [0.4, 0.5) is 10.1 Å². The van der Waals surface area contributed by atoms with Gasteiger partial charge in [-0.3, -0.25) is 4.79 Å². The standard InChI is InChI=1S/C16H16FNO/c1-11-3-6-13(7-4-11)9-16(19)18-15-10-14(17)8-5-12(15)2/h3-8,10H,9H2,1-2H3,(H,18,19).